The number of rotatable bonds is 2. The highest BCUT2D eigenvalue weighted by molar-refractivity contribution is 6.25. The van der Waals surface area contributed by atoms with E-state index in [4.69, 9.17) is 0 Å². The summed E-state index contributed by atoms with van der Waals surface area (Å²) < 4.78 is 53.9. The van der Waals surface area contributed by atoms with Gasteiger partial charge in [-0.1, -0.05) is 0 Å². The number of aryl methyl sites for hydroxylation is 1. The van der Waals surface area contributed by atoms with Crippen LogP contribution in [0, 0.1) is 18.7 Å². The highest BCUT2D eigenvalue weighted by Crippen LogP contribution is 2.35. The molecule has 0 aliphatic heterocycles. The maximum absolute atomic E-state index is 13.7. The van der Waals surface area contributed by atoms with E-state index in [1.165, 1.54) is 6.92 Å². The molecule has 1 aliphatic carbocycles. The maximum Gasteiger partial charge on any atom is 0.434 e. The molecule has 2 aromatic heterocycles. The van der Waals surface area contributed by atoms with Crippen molar-refractivity contribution in [2.75, 3.05) is 0 Å². The van der Waals surface area contributed by atoms with Crippen LogP contribution in [0.5, 0.6) is 0 Å². The molecule has 1 fully saturated rings. The van der Waals surface area contributed by atoms with Gasteiger partial charge in [0.15, 0.2) is 28.7 Å². The molecule has 0 N–H and O–H groups in total. The fourth-order valence-electron chi connectivity index (χ4n) is 2.98. The van der Waals surface area contributed by atoms with Gasteiger partial charge in [-0.3, -0.25) is 14.4 Å². The number of halogens is 4. The summed E-state index contributed by atoms with van der Waals surface area (Å²) in [6.45, 7) is 1.31. The van der Waals surface area contributed by atoms with Crippen molar-refractivity contribution in [3.8, 4) is 0 Å². The zero-order chi connectivity index (χ0) is 19.2. The standard InChI is InChI=1S/C17H12F4N2O3/c1-7-8-5-9(14(26)13-11(24)3-2-4-12(13)25)15(17(19,20)21)23-16(8)22-6-10(7)18/h5-6,13H,2-4H2,1H3. The number of fused-ring (bicyclic) bond motifs is 1. The maximum atomic E-state index is 13.7. The van der Waals surface area contributed by atoms with Gasteiger partial charge in [-0.25, -0.2) is 14.4 Å². The molecule has 0 amide bonds. The number of carbonyl (C=O) groups is 3. The van der Waals surface area contributed by atoms with Gasteiger partial charge in [0.25, 0.3) is 0 Å². The van der Waals surface area contributed by atoms with E-state index in [0.717, 1.165) is 12.3 Å². The molecule has 0 aromatic carbocycles. The number of pyridine rings is 2. The number of carbonyl (C=O) groups excluding carboxylic acids is 3. The molecule has 0 unspecified atom stereocenters. The molecule has 26 heavy (non-hydrogen) atoms. The van der Waals surface area contributed by atoms with Crippen molar-refractivity contribution in [2.45, 2.75) is 32.4 Å². The highest BCUT2D eigenvalue weighted by Gasteiger charge is 2.43. The van der Waals surface area contributed by atoms with Crippen molar-refractivity contribution in [1.82, 2.24) is 9.97 Å². The van der Waals surface area contributed by atoms with E-state index in [0.29, 0.717) is 0 Å². The van der Waals surface area contributed by atoms with Crippen LogP contribution >= 0.6 is 0 Å². The number of hydrogen-bond acceptors (Lipinski definition) is 5. The minimum absolute atomic E-state index is 0.0356. The van der Waals surface area contributed by atoms with E-state index in [2.05, 4.69) is 9.97 Å². The molecule has 0 radical (unpaired) electrons. The molecule has 0 atom stereocenters. The van der Waals surface area contributed by atoms with Gasteiger partial charge >= 0.3 is 6.18 Å². The number of aromatic nitrogens is 2. The first-order valence-corrected chi connectivity index (χ1v) is 7.74. The molecule has 5 nitrogen and oxygen atoms in total. The monoisotopic (exact) mass is 368 g/mol. The number of ketones is 3. The fourth-order valence-corrected chi connectivity index (χ4v) is 2.98. The first kappa shape index (κ1) is 18.1. The lowest BCUT2D eigenvalue weighted by Gasteiger charge is -2.20. The van der Waals surface area contributed by atoms with E-state index in [1.807, 2.05) is 0 Å². The van der Waals surface area contributed by atoms with E-state index < -0.39 is 46.5 Å². The van der Waals surface area contributed by atoms with Gasteiger partial charge < -0.3 is 0 Å². The highest BCUT2D eigenvalue weighted by atomic mass is 19.4. The molecule has 9 heteroatoms. The molecule has 0 spiro atoms. The van der Waals surface area contributed by atoms with Crippen LogP contribution in [0.2, 0.25) is 0 Å². The molecule has 136 valence electrons. The summed E-state index contributed by atoms with van der Waals surface area (Å²) in [5.74, 6) is -5.24. The summed E-state index contributed by atoms with van der Waals surface area (Å²) in [5, 5.41) is -0.0861. The summed E-state index contributed by atoms with van der Waals surface area (Å²) in [4.78, 5) is 43.4. The smallest absolute Gasteiger partial charge is 0.298 e. The van der Waals surface area contributed by atoms with Crippen LogP contribution in [0.25, 0.3) is 11.0 Å². The SMILES string of the molecule is Cc1c(F)cnc2nc(C(F)(F)F)c(C(=O)C3C(=O)CCCC3=O)cc12. The summed E-state index contributed by atoms with van der Waals surface area (Å²) >= 11 is 0. The number of alkyl halides is 3. The predicted molar refractivity (Wildman–Crippen MR) is 80.9 cm³/mol. The summed E-state index contributed by atoms with van der Waals surface area (Å²) in [6.07, 6.45) is -4.12. The second kappa shape index (κ2) is 6.22. The topological polar surface area (TPSA) is 77.0 Å². The third-order valence-corrected chi connectivity index (χ3v) is 4.35. The Morgan fingerprint density at radius 2 is 1.81 bits per heavy atom. The number of nitrogens with zero attached hydrogens (tertiary/aromatic N) is 2. The van der Waals surface area contributed by atoms with Crippen LogP contribution in [0.15, 0.2) is 12.3 Å². The third-order valence-electron chi connectivity index (χ3n) is 4.35. The van der Waals surface area contributed by atoms with Gasteiger partial charge in [-0.05, 0) is 25.0 Å². The van der Waals surface area contributed by atoms with Crippen LogP contribution in [-0.2, 0) is 15.8 Å². The largest absolute Gasteiger partial charge is 0.434 e. The Labute approximate surface area is 144 Å². The average molecular weight is 368 g/mol. The molecular formula is C17H12F4N2O3. The fraction of sp³-hybridized carbons (Fsp3) is 0.353. The van der Waals surface area contributed by atoms with Crippen LogP contribution < -0.4 is 0 Å². The molecule has 2 aromatic rings. The molecule has 2 heterocycles. The van der Waals surface area contributed by atoms with E-state index in [1.54, 1.807) is 0 Å². The van der Waals surface area contributed by atoms with Crippen LogP contribution in [-0.4, -0.2) is 27.3 Å². The minimum atomic E-state index is -5.01. The van der Waals surface area contributed by atoms with E-state index in [9.17, 15) is 31.9 Å². The molecular weight excluding hydrogens is 356 g/mol. The third kappa shape index (κ3) is 2.97. The van der Waals surface area contributed by atoms with E-state index in [-0.39, 0.29) is 35.9 Å². The number of hydrogen-bond donors (Lipinski definition) is 0. The normalized spacial score (nSPS) is 16.3. The zero-order valence-corrected chi connectivity index (χ0v) is 13.5. The molecule has 0 saturated heterocycles. The van der Waals surface area contributed by atoms with Crippen LogP contribution in [0.4, 0.5) is 17.6 Å². The Hall–Kier alpha value is -2.71. The van der Waals surface area contributed by atoms with Gasteiger partial charge in [-0.15, -0.1) is 0 Å². The number of Topliss-reactive ketones (excluding diaryl/α,β-unsaturated/α-hetero) is 3. The van der Waals surface area contributed by atoms with Gasteiger partial charge in [0.1, 0.15) is 11.7 Å². The van der Waals surface area contributed by atoms with Gasteiger partial charge in [0.2, 0.25) is 0 Å². The Morgan fingerprint density at radius 3 is 2.38 bits per heavy atom. The lowest BCUT2D eigenvalue weighted by Crippen LogP contribution is -2.36. The zero-order valence-electron chi connectivity index (χ0n) is 13.5. The second-order valence-electron chi connectivity index (χ2n) is 6.07. The van der Waals surface area contributed by atoms with Crippen molar-refractivity contribution < 1.29 is 31.9 Å². The minimum Gasteiger partial charge on any atom is -0.298 e. The van der Waals surface area contributed by atoms with Crippen LogP contribution in [0.3, 0.4) is 0 Å². The lowest BCUT2D eigenvalue weighted by molar-refractivity contribution is -0.142. The average Bonchev–Trinajstić information content (AvgIpc) is 2.56. The predicted octanol–water partition coefficient (Wildman–Crippen LogP) is 3.22. The van der Waals surface area contributed by atoms with Crippen molar-refractivity contribution in [1.29, 1.82) is 0 Å². The Bertz CT molecular complexity index is 937. The lowest BCUT2D eigenvalue weighted by atomic mass is 9.81. The van der Waals surface area contributed by atoms with Crippen molar-refractivity contribution in [3.05, 3.63) is 34.9 Å². The summed E-state index contributed by atoms with van der Waals surface area (Å²) in [6, 6.07) is 0.814. The van der Waals surface area contributed by atoms with Gasteiger partial charge in [0.05, 0.1) is 11.8 Å². The first-order valence-electron chi connectivity index (χ1n) is 7.74. The van der Waals surface area contributed by atoms with Crippen LogP contribution in [0.1, 0.15) is 40.9 Å². The molecule has 1 saturated carbocycles. The summed E-state index contributed by atoms with van der Waals surface area (Å²) in [7, 11) is 0. The van der Waals surface area contributed by atoms with Crippen molar-refractivity contribution in [2.24, 2.45) is 5.92 Å². The Kier molecular flexibility index (Phi) is 4.33. The molecule has 0 bridgehead atoms. The van der Waals surface area contributed by atoms with Crippen molar-refractivity contribution >= 4 is 28.4 Å². The summed E-state index contributed by atoms with van der Waals surface area (Å²) in [5.41, 5.74) is -2.88. The molecule has 3 rings (SSSR count). The first-order chi connectivity index (χ1) is 12.1. The van der Waals surface area contributed by atoms with E-state index >= 15 is 0 Å². The second-order valence-corrected chi connectivity index (χ2v) is 6.07. The Morgan fingerprint density at radius 1 is 1.19 bits per heavy atom. The molecule has 1 aliphatic rings. The van der Waals surface area contributed by atoms with Gasteiger partial charge in [0, 0.05) is 18.2 Å². The quantitative estimate of drug-likeness (QED) is 0.462. The van der Waals surface area contributed by atoms with Crippen molar-refractivity contribution in [3.63, 3.8) is 0 Å². The van der Waals surface area contributed by atoms with Gasteiger partial charge in [-0.2, -0.15) is 13.2 Å². The Balaban J connectivity index is 2.25.